The van der Waals surface area contributed by atoms with E-state index in [1.807, 2.05) is 0 Å². The van der Waals surface area contributed by atoms with Gasteiger partial charge in [-0.3, -0.25) is 4.79 Å². The molecule has 3 rings (SSSR count). The Morgan fingerprint density at radius 1 is 1.35 bits per heavy atom. The Morgan fingerprint density at radius 3 is 2.71 bits per heavy atom. The number of phenolic OH excluding ortho intramolecular Hbond substituents is 1. The highest BCUT2D eigenvalue weighted by atomic mass is 35.5. The zero-order valence-electron chi connectivity index (χ0n) is 9.32. The fraction of sp³-hybridized carbons (Fsp3) is 0.462. The molecule has 2 fully saturated rings. The van der Waals surface area contributed by atoms with Crippen molar-refractivity contribution >= 4 is 23.2 Å². The highest BCUT2D eigenvalue weighted by molar-refractivity contribution is 6.32. The summed E-state index contributed by atoms with van der Waals surface area (Å²) in [5.41, 5.74) is 0.655. The van der Waals surface area contributed by atoms with Gasteiger partial charge in [0.2, 0.25) is 5.91 Å². The van der Waals surface area contributed by atoms with Crippen molar-refractivity contribution in [3.8, 4) is 5.75 Å². The topological polar surface area (TPSA) is 49.3 Å². The molecule has 90 valence electrons. The Hall–Kier alpha value is -1.22. The first-order valence-corrected chi connectivity index (χ1v) is 6.34. The van der Waals surface area contributed by atoms with Crippen molar-refractivity contribution in [1.29, 1.82) is 0 Å². The van der Waals surface area contributed by atoms with Crippen molar-refractivity contribution in [2.75, 3.05) is 5.32 Å². The number of amides is 1. The largest absolute Gasteiger partial charge is 0.506 e. The Kier molecular flexibility index (Phi) is 2.51. The van der Waals surface area contributed by atoms with Crippen LogP contribution >= 0.6 is 11.6 Å². The Labute approximate surface area is 105 Å². The normalized spacial score (nSPS) is 29.8. The number of carbonyl (C=O) groups is 1. The van der Waals surface area contributed by atoms with Gasteiger partial charge in [-0.1, -0.05) is 18.0 Å². The van der Waals surface area contributed by atoms with E-state index in [0.29, 0.717) is 17.5 Å². The fourth-order valence-corrected chi connectivity index (χ4v) is 3.20. The van der Waals surface area contributed by atoms with E-state index in [9.17, 15) is 9.90 Å². The van der Waals surface area contributed by atoms with Crippen molar-refractivity contribution in [2.45, 2.75) is 19.3 Å². The summed E-state index contributed by atoms with van der Waals surface area (Å²) < 4.78 is 0. The van der Waals surface area contributed by atoms with Crippen LogP contribution < -0.4 is 5.32 Å². The molecule has 17 heavy (non-hydrogen) atoms. The third kappa shape index (κ3) is 1.89. The van der Waals surface area contributed by atoms with Crippen molar-refractivity contribution in [1.82, 2.24) is 0 Å². The van der Waals surface area contributed by atoms with E-state index < -0.39 is 0 Å². The molecule has 3 nitrogen and oxygen atoms in total. The van der Waals surface area contributed by atoms with Gasteiger partial charge in [-0.2, -0.15) is 0 Å². The number of carbonyl (C=O) groups excluding carboxylic acids is 1. The molecule has 0 heterocycles. The number of hydrogen-bond donors (Lipinski definition) is 2. The summed E-state index contributed by atoms with van der Waals surface area (Å²) in [5, 5.41) is 12.4. The molecule has 1 aromatic rings. The Bertz CT molecular complexity index is 464. The maximum absolute atomic E-state index is 12.0. The summed E-state index contributed by atoms with van der Waals surface area (Å²) in [7, 11) is 0. The monoisotopic (exact) mass is 251 g/mol. The van der Waals surface area contributed by atoms with Gasteiger partial charge < -0.3 is 10.4 Å². The van der Waals surface area contributed by atoms with E-state index in [2.05, 4.69) is 5.32 Å². The average Bonchev–Trinajstić information content (AvgIpc) is 2.78. The lowest BCUT2D eigenvalue weighted by atomic mass is 10.1. The minimum absolute atomic E-state index is 0.0351. The maximum atomic E-state index is 12.0. The molecular weight excluding hydrogens is 238 g/mol. The van der Waals surface area contributed by atoms with Crippen molar-refractivity contribution in [3.63, 3.8) is 0 Å². The molecule has 2 saturated carbocycles. The van der Waals surface area contributed by atoms with E-state index >= 15 is 0 Å². The number of anilines is 1. The number of halogens is 1. The van der Waals surface area contributed by atoms with E-state index in [0.717, 1.165) is 0 Å². The second kappa shape index (κ2) is 3.91. The number of benzene rings is 1. The Morgan fingerprint density at radius 2 is 2.06 bits per heavy atom. The number of phenols is 1. The summed E-state index contributed by atoms with van der Waals surface area (Å²) in [4.78, 5) is 12.0. The molecule has 0 spiro atoms. The molecule has 2 aliphatic rings. The molecule has 2 atom stereocenters. The minimum Gasteiger partial charge on any atom is -0.506 e. The molecule has 2 aliphatic carbocycles. The van der Waals surface area contributed by atoms with Gasteiger partial charge in [-0.05, 0) is 42.9 Å². The van der Waals surface area contributed by atoms with Crippen LogP contribution in [0.2, 0.25) is 5.02 Å². The van der Waals surface area contributed by atoms with Gasteiger partial charge in [-0.15, -0.1) is 0 Å². The maximum Gasteiger partial charge on any atom is 0.228 e. The van der Waals surface area contributed by atoms with Gasteiger partial charge in [0.15, 0.2) is 0 Å². The molecule has 0 bridgehead atoms. The smallest absolute Gasteiger partial charge is 0.228 e. The van der Waals surface area contributed by atoms with Crippen LogP contribution in [0.4, 0.5) is 5.69 Å². The van der Waals surface area contributed by atoms with Crippen LogP contribution in [0.15, 0.2) is 18.2 Å². The van der Waals surface area contributed by atoms with Crippen LogP contribution in [0.5, 0.6) is 5.75 Å². The average molecular weight is 252 g/mol. The van der Waals surface area contributed by atoms with Crippen LogP contribution in [0.3, 0.4) is 0 Å². The molecular formula is C13H14ClNO2. The third-order valence-electron chi connectivity index (χ3n) is 3.92. The van der Waals surface area contributed by atoms with Crippen molar-refractivity contribution in [3.05, 3.63) is 23.2 Å². The first-order valence-electron chi connectivity index (χ1n) is 5.96. The number of nitrogens with one attached hydrogen (secondary N) is 1. The van der Waals surface area contributed by atoms with Crippen LogP contribution in [0.1, 0.15) is 19.3 Å². The van der Waals surface area contributed by atoms with Crippen molar-refractivity contribution in [2.24, 2.45) is 17.8 Å². The van der Waals surface area contributed by atoms with Crippen LogP contribution in [-0.2, 0) is 4.79 Å². The molecule has 2 N–H and O–H groups in total. The van der Waals surface area contributed by atoms with Gasteiger partial charge in [0, 0.05) is 11.6 Å². The number of rotatable bonds is 2. The number of hydrogen-bond acceptors (Lipinski definition) is 2. The standard InChI is InChI=1S/C13H14ClNO2/c14-10-6-7(4-5-11(10)16)15-13(17)12-8-2-1-3-9(8)12/h4-6,8-9,12,16H,1-3H2,(H,15,17). The third-order valence-corrected chi connectivity index (χ3v) is 4.23. The zero-order chi connectivity index (χ0) is 12.0. The van der Waals surface area contributed by atoms with Gasteiger partial charge >= 0.3 is 0 Å². The quantitative estimate of drug-likeness (QED) is 0.794. The summed E-state index contributed by atoms with van der Waals surface area (Å²) in [6, 6.07) is 4.73. The van der Waals surface area contributed by atoms with Crippen LogP contribution in [0, 0.1) is 17.8 Å². The van der Waals surface area contributed by atoms with E-state index in [4.69, 9.17) is 11.6 Å². The van der Waals surface area contributed by atoms with Crippen LogP contribution in [0.25, 0.3) is 0 Å². The minimum atomic E-state index is 0.0351. The lowest BCUT2D eigenvalue weighted by Gasteiger charge is -2.07. The second-order valence-electron chi connectivity index (χ2n) is 4.94. The molecule has 0 aliphatic heterocycles. The molecule has 2 unspecified atom stereocenters. The SMILES string of the molecule is O=C(Nc1ccc(O)c(Cl)c1)C1C2CCCC21. The van der Waals surface area contributed by atoms with E-state index in [1.54, 1.807) is 12.1 Å². The van der Waals surface area contributed by atoms with Crippen molar-refractivity contribution < 1.29 is 9.90 Å². The number of fused-ring (bicyclic) bond motifs is 1. The lowest BCUT2D eigenvalue weighted by molar-refractivity contribution is -0.118. The molecule has 4 heteroatoms. The Balaban J connectivity index is 1.67. The van der Waals surface area contributed by atoms with E-state index in [1.165, 1.54) is 25.3 Å². The summed E-state index contributed by atoms with van der Waals surface area (Å²) in [5.74, 6) is 1.57. The van der Waals surface area contributed by atoms with Crippen LogP contribution in [-0.4, -0.2) is 11.0 Å². The van der Waals surface area contributed by atoms with Gasteiger partial charge in [0.1, 0.15) is 5.75 Å². The molecule has 0 saturated heterocycles. The highest BCUT2D eigenvalue weighted by Gasteiger charge is 2.56. The first-order chi connectivity index (χ1) is 8.16. The predicted octanol–water partition coefficient (Wildman–Crippen LogP) is 3.03. The van der Waals surface area contributed by atoms with Gasteiger partial charge in [0.25, 0.3) is 0 Å². The zero-order valence-corrected chi connectivity index (χ0v) is 10.1. The van der Waals surface area contributed by atoms with Gasteiger partial charge in [-0.25, -0.2) is 0 Å². The molecule has 0 aromatic heterocycles. The predicted molar refractivity (Wildman–Crippen MR) is 66.1 cm³/mol. The molecule has 0 radical (unpaired) electrons. The number of aromatic hydroxyl groups is 1. The fourth-order valence-electron chi connectivity index (χ4n) is 3.02. The highest BCUT2D eigenvalue weighted by Crippen LogP contribution is 2.57. The van der Waals surface area contributed by atoms with Gasteiger partial charge in [0.05, 0.1) is 5.02 Å². The van der Waals surface area contributed by atoms with E-state index in [-0.39, 0.29) is 22.6 Å². The molecule has 1 aromatic carbocycles. The summed E-state index contributed by atoms with van der Waals surface area (Å²) >= 11 is 5.79. The summed E-state index contributed by atoms with van der Waals surface area (Å²) in [6.07, 6.45) is 3.66. The first kappa shape index (κ1) is 10.9. The lowest BCUT2D eigenvalue weighted by Crippen LogP contribution is -2.16. The second-order valence-corrected chi connectivity index (χ2v) is 5.35. The molecule has 1 amide bonds. The summed E-state index contributed by atoms with van der Waals surface area (Å²) in [6.45, 7) is 0.